The van der Waals surface area contributed by atoms with Gasteiger partial charge in [0.1, 0.15) is 18.2 Å². The van der Waals surface area contributed by atoms with E-state index in [2.05, 4.69) is 43.5 Å². The van der Waals surface area contributed by atoms with Gasteiger partial charge in [-0.3, -0.25) is 9.36 Å². The summed E-state index contributed by atoms with van der Waals surface area (Å²) >= 11 is 19.1. The Kier molecular flexibility index (Phi) is 9.58. The summed E-state index contributed by atoms with van der Waals surface area (Å²) in [5, 5.41) is 0.882. The smallest absolute Gasteiger partial charge is 0.338 e. The summed E-state index contributed by atoms with van der Waals surface area (Å²) in [6, 6.07) is 13.9. The number of aromatic nitrogens is 1. The minimum absolute atomic E-state index is 0.155. The van der Waals surface area contributed by atoms with Gasteiger partial charge in [0.25, 0.3) is 5.56 Å². The van der Waals surface area contributed by atoms with Crippen molar-refractivity contribution < 1.29 is 18.7 Å². The Morgan fingerprint density at radius 3 is 2.60 bits per heavy atom. The van der Waals surface area contributed by atoms with Gasteiger partial charge in [0.2, 0.25) is 0 Å². The van der Waals surface area contributed by atoms with Gasteiger partial charge < -0.3 is 9.47 Å². The van der Waals surface area contributed by atoms with Crippen LogP contribution in [-0.4, -0.2) is 17.1 Å². The van der Waals surface area contributed by atoms with E-state index in [0.29, 0.717) is 42.0 Å². The molecule has 0 bridgehead atoms. The summed E-state index contributed by atoms with van der Waals surface area (Å²) in [6.45, 7) is 3.79. The molecular formula is C30H21BrCl2FIN2O4S. The Hall–Kier alpha value is -2.51. The number of rotatable bonds is 7. The van der Waals surface area contributed by atoms with Crippen LogP contribution in [0.2, 0.25) is 10.0 Å². The third kappa shape index (κ3) is 6.37. The van der Waals surface area contributed by atoms with E-state index in [0.717, 1.165) is 13.6 Å². The molecule has 12 heteroatoms. The number of carbonyl (C=O) groups is 1. The van der Waals surface area contributed by atoms with Crippen LogP contribution in [0.5, 0.6) is 5.75 Å². The van der Waals surface area contributed by atoms with Gasteiger partial charge in [-0.15, -0.1) is 0 Å². The number of nitrogens with zero attached hydrogens (tertiary/aromatic N) is 2. The minimum Gasteiger partial charge on any atom is -0.487 e. The SMILES string of the molecule is CCOC(=O)C1=C(C)N=c2s/c(=C\c3cc(Br)cc(I)c3OCc3ccc(Cl)c(Cl)c3)c(=O)n2[C@H]1c1ccc(F)cc1. The molecule has 0 amide bonds. The van der Waals surface area contributed by atoms with Gasteiger partial charge in [0.05, 0.1) is 42.1 Å². The standard InChI is InChI=1S/C30H21BrCl2FIN2O4S/c1-3-40-29(39)25-15(2)36-30-37(26(25)17-5-7-20(34)8-6-17)28(38)24(42-30)12-18-11-19(31)13-23(35)27(18)41-14-16-4-9-21(32)22(33)10-16/h4-13,26H,3,14H2,1-2H3/b24-12-/t26-/m0/s1. The predicted molar refractivity (Wildman–Crippen MR) is 174 cm³/mol. The van der Waals surface area contributed by atoms with E-state index in [1.807, 2.05) is 18.2 Å². The molecular weight excluding hydrogens is 781 g/mol. The van der Waals surface area contributed by atoms with Crippen molar-refractivity contribution in [3.63, 3.8) is 0 Å². The third-order valence-electron chi connectivity index (χ3n) is 6.39. The Morgan fingerprint density at radius 1 is 1.17 bits per heavy atom. The zero-order chi connectivity index (χ0) is 30.1. The highest BCUT2D eigenvalue weighted by Crippen LogP contribution is 2.33. The first-order valence-electron chi connectivity index (χ1n) is 12.6. The lowest BCUT2D eigenvalue weighted by Gasteiger charge is -2.24. The van der Waals surface area contributed by atoms with E-state index >= 15 is 0 Å². The lowest BCUT2D eigenvalue weighted by Crippen LogP contribution is -2.39. The van der Waals surface area contributed by atoms with Crippen LogP contribution in [0.25, 0.3) is 6.08 Å². The molecule has 0 radical (unpaired) electrons. The van der Waals surface area contributed by atoms with E-state index in [9.17, 15) is 14.0 Å². The van der Waals surface area contributed by atoms with Crippen LogP contribution in [0.3, 0.4) is 0 Å². The number of allylic oxidation sites excluding steroid dienone is 1. The number of fused-ring (bicyclic) bond motifs is 1. The molecule has 6 nitrogen and oxygen atoms in total. The van der Waals surface area contributed by atoms with Crippen molar-refractivity contribution >= 4 is 85.1 Å². The molecule has 1 aromatic heterocycles. The van der Waals surface area contributed by atoms with Gasteiger partial charge in [0, 0.05) is 10.0 Å². The van der Waals surface area contributed by atoms with Crippen molar-refractivity contribution in [1.82, 2.24) is 4.57 Å². The summed E-state index contributed by atoms with van der Waals surface area (Å²) < 4.78 is 28.8. The average molecular weight is 802 g/mol. The summed E-state index contributed by atoms with van der Waals surface area (Å²) in [6.07, 6.45) is 1.74. The number of benzene rings is 3. The van der Waals surface area contributed by atoms with Gasteiger partial charge in [0.15, 0.2) is 4.80 Å². The van der Waals surface area contributed by atoms with Crippen molar-refractivity contribution in [2.24, 2.45) is 4.99 Å². The van der Waals surface area contributed by atoms with E-state index < -0.39 is 17.8 Å². The third-order valence-corrected chi connectivity index (χ3v) is 9.37. The molecule has 0 saturated carbocycles. The van der Waals surface area contributed by atoms with Crippen molar-refractivity contribution in [2.45, 2.75) is 26.5 Å². The number of hydrogen-bond acceptors (Lipinski definition) is 6. The highest BCUT2D eigenvalue weighted by atomic mass is 127. The lowest BCUT2D eigenvalue weighted by molar-refractivity contribution is -0.139. The minimum atomic E-state index is -0.837. The number of ether oxygens (including phenoxy) is 2. The molecule has 42 heavy (non-hydrogen) atoms. The van der Waals surface area contributed by atoms with E-state index in [1.165, 1.54) is 28.0 Å². The van der Waals surface area contributed by atoms with Crippen molar-refractivity contribution in [3.05, 3.63) is 126 Å². The summed E-state index contributed by atoms with van der Waals surface area (Å²) in [4.78, 5) is 32.0. The number of esters is 1. The molecule has 0 aliphatic carbocycles. The molecule has 1 atom stereocenters. The lowest BCUT2D eigenvalue weighted by atomic mass is 9.96. The number of hydrogen-bond donors (Lipinski definition) is 0. The van der Waals surface area contributed by atoms with Gasteiger partial charge in [-0.2, -0.15) is 0 Å². The van der Waals surface area contributed by atoms with Gasteiger partial charge in [-0.05, 0) is 90.0 Å². The average Bonchev–Trinajstić information content (AvgIpc) is 3.24. The Morgan fingerprint density at radius 2 is 1.90 bits per heavy atom. The van der Waals surface area contributed by atoms with Crippen LogP contribution < -0.4 is 19.6 Å². The summed E-state index contributed by atoms with van der Waals surface area (Å²) in [5.74, 6) is -0.432. The molecule has 2 heterocycles. The molecule has 4 aromatic rings. The van der Waals surface area contributed by atoms with Crippen LogP contribution in [0.1, 0.15) is 36.6 Å². The molecule has 0 spiro atoms. The Labute approximate surface area is 276 Å². The van der Waals surface area contributed by atoms with Crippen molar-refractivity contribution in [1.29, 1.82) is 0 Å². The van der Waals surface area contributed by atoms with Crippen LogP contribution >= 0.6 is 73.1 Å². The highest BCUT2D eigenvalue weighted by molar-refractivity contribution is 14.1. The van der Waals surface area contributed by atoms with Crippen molar-refractivity contribution in [3.8, 4) is 5.75 Å². The molecule has 0 saturated heterocycles. The molecule has 216 valence electrons. The number of thiazole rings is 1. The number of halogens is 5. The first kappa shape index (κ1) is 30.9. The first-order chi connectivity index (χ1) is 20.1. The second-order valence-electron chi connectivity index (χ2n) is 9.20. The van der Waals surface area contributed by atoms with E-state index in [1.54, 1.807) is 44.2 Å². The largest absolute Gasteiger partial charge is 0.487 e. The van der Waals surface area contributed by atoms with Crippen molar-refractivity contribution in [2.75, 3.05) is 6.61 Å². The van der Waals surface area contributed by atoms with E-state index in [4.69, 9.17) is 32.7 Å². The normalized spacial score (nSPS) is 14.9. The highest BCUT2D eigenvalue weighted by Gasteiger charge is 2.33. The van der Waals surface area contributed by atoms with Crippen LogP contribution in [0.15, 0.2) is 80.1 Å². The quantitative estimate of drug-likeness (QED) is 0.147. The van der Waals surface area contributed by atoms with Crippen LogP contribution in [0, 0.1) is 9.39 Å². The van der Waals surface area contributed by atoms with E-state index in [-0.39, 0.29) is 24.3 Å². The fourth-order valence-corrected chi connectivity index (χ4v) is 7.58. The molecule has 0 unspecified atom stereocenters. The molecule has 5 rings (SSSR count). The molecule has 0 fully saturated rings. The monoisotopic (exact) mass is 800 g/mol. The van der Waals surface area contributed by atoms with Gasteiger partial charge in [-0.1, -0.05) is 68.7 Å². The maximum absolute atomic E-state index is 14.0. The fourth-order valence-electron chi connectivity index (χ4n) is 4.52. The van der Waals surface area contributed by atoms with Gasteiger partial charge >= 0.3 is 5.97 Å². The topological polar surface area (TPSA) is 69.9 Å². The Bertz CT molecular complexity index is 1930. The molecule has 0 N–H and O–H groups in total. The zero-order valence-electron chi connectivity index (χ0n) is 22.1. The van der Waals surface area contributed by atoms with Crippen LogP contribution in [-0.2, 0) is 16.1 Å². The van der Waals surface area contributed by atoms with Crippen LogP contribution in [0.4, 0.5) is 4.39 Å². The Balaban J connectivity index is 1.63. The maximum atomic E-state index is 14.0. The molecule has 1 aliphatic rings. The molecule has 1 aliphatic heterocycles. The fraction of sp³-hybridized carbons (Fsp3) is 0.167. The summed E-state index contributed by atoms with van der Waals surface area (Å²) in [5.41, 5.74) is 2.36. The predicted octanol–water partition coefficient (Wildman–Crippen LogP) is 7.19. The van der Waals surface area contributed by atoms with Gasteiger partial charge in [-0.25, -0.2) is 14.2 Å². The first-order valence-corrected chi connectivity index (χ1v) is 16.0. The zero-order valence-corrected chi connectivity index (χ0v) is 28.2. The summed E-state index contributed by atoms with van der Waals surface area (Å²) in [7, 11) is 0. The second-order valence-corrected chi connectivity index (χ2v) is 13.1. The molecule has 3 aromatic carbocycles. The maximum Gasteiger partial charge on any atom is 0.338 e. The number of carbonyl (C=O) groups excluding carboxylic acids is 1. The second kappa shape index (κ2) is 13.0.